The lowest BCUT2D eigenvalue weighted by Gasteiger charge is -2.32. The fourth-order valence-electron chi connectivity index (χ4n) is 3.30. The number of carbonyl (C=O) groups excluding carboxylic acids is 2. The van der Waals surface area contributed by atoms with Gasteiger partial charge in [-0.1, -0.05) is 12.1 Å². The zero-order chi connectivity index (χ0) is 19.7. The largest absolute Gasteiger partial charge is 0.463 e. The molecule has 2 heterocycles. The van der Waals surface area contributed by atoms with Gasteiger partial charge in [0.1, 0.15) is 5.76 Å². The van der Waals surface area contributed by atoms with E-state index in [9.17, 15) is 19.8 Å². The van der Waals surface area contributed by atoms with Crippen molar-refractivity contribution in [2.45, 2.75) is 6.04 Å². The molecule has 0 saturated carbocycles. The van der Waals surface area contributed by atoms with Crippen molar-refractivity contribution in [1.82, 2.24) is 4.90 Å². The second kappa shape index (κ2) is 7.26. The summed E-state index contributed by atoms with van der Waals surface area (Å²) < 4.78 is 5.18. The number of furan rings is 1. The molecule has 1 aromatic heterocycles. The maximum Gasteiger partial charge on any atom is 0.261 e. The molecule has 0 aliphatic carbocycles. The van der Waals surface area contributed by atoms with Crippen LogP contribution >= 0.6 is 0 Å². The molecule has 0 radical (unpaired) electrons. The number of nitrogens with zero attached hydrogens (tertiary/aromatic N) is 2. The lowest BCUT2D eigenvalue weighted by molar-refractivity contribution is 0.0375. The minimum atomic E-state index is -0.987. The Morgan fingerprint density at radius 3 is 2.46 bits per heavy atom. The van der Waals surface area contributed by atoms with Crippen molar-refractivity contribution < 1.29 is 24.2 Å². The molecular weight excluding hydrogens is 362 g/mol. The number of hydrogen-bond donors (Lipinski definition) is 3. The molecule has 142 valence electrons. The van der Waals surface area contributed by atoms with Crippen LogP contribution in [0.5, 0.6) is 0 Å². The quantitative estimate of drug-likeness (QED) is 0.342. The number of amides is 2. The normalized spacial score (nSPS) is 13.9. The van der Waals surface area contributed by atoms with Gasteiger partial charge in [0.15, 0.2) is 0 Å². The Morgan fingerprint density at radius 2 is 1.79 bits per heavy atom. The predicted octanol–water partition coefficient (Wildman–Crippen LogP) is 1.83. The number of rotatable bonds is 6. The third-order valence-electron chi connectivity index (χ3n) is 4.65. The Bertz CT molecular complexity index is 1050. The summed E-state index contributed by atoms with van der Waals surface area (Å²) in [6.45, 7) is -1.03. The van der Waals surface area contributed by atoms with Gasteiger partial charge in [0.05, 0.1) is 37.4 Å². The van der Waals surface area contributed by atoms with Gasteiger partial charge in [0, 0.05) is 21.9 Å². The van der Waals surface area contributed by atoms with Gasteiger partial charge in [-0.25, -0.2) is 0 Å². The molecular formula is C20H17N3O5. The minimum absolute atomic E-state index is 0.331. The highest BCUT2D eigenvalue weighted by Crippen LogP contribution is 2.35. The second-order valence-electron chi connectivity index (χ2n) is 6.27. The highest BCUT2D eigenvalue weighted by atomic mass is 16.3. The highest BCUT2D eigenvalue weighted by Gasteiger charge is 2.37. The summed E-state index contributed by atoms with van der Waals surface area (Å²) in [7, 11) is 0. The predicted molar refractivity (Wildman–Crippen MR) is 102 cm³/mol. The molecule has 8 nitrogen and oxygen atoms in total. The zero-order valence-corrected chi connectivity index (χ0v) is 14.7. The molecule has 28 heavy (non-hydrogen) atoms. The average molecular weight is 379 g/mol. The van der Waals surface area contributed by atoms with E-state index in [4.69, 9.17) is 4.42 Å². The van der Waals surface area contributed by atoms with E-state index in [0.29, 0.717) is 33.3 Å². The smallest absolute Gasteiger partial charge is 0.261 e. The van der Waals surface area contributed by atoms with Gasteiger partial charge in [-0.15, -0.1) is 0 Å². The number of aliphatic hydroxyl groups excluding tert-OH is 2. The van der Waals surface area contributed by atoms with Crippen molar-refractivity contribution in [2.24, 2.45) is 5.10 Å². The van der Waals surface area contributed by atoms with Crippen LogP contribution in [0.3, 0.4) is 0 Å². The van der Waals surface area contributed by atoms with Gasteiger partial charge in [0.2, 0.25) is 0 Å². The summed E-state index contributed by atoms with van der Waals surface area (Å²) in [5.41, 5.74) is 4.19. The fourth-order valence-corrected chi connectivity index (χ4v) is 3.30. The van der Waals surface area contributed by atoms with Crippen LogP contribution in [0, 0.1) is 0 Å². The molecule has 3 N–H and O–H groups in total. The Balaban J connectivity index is 1.77. The molecule has 4 rings (SSSR count). The number of aliphatic hydroxyl groups is 2. The van der Waals surface area contributed by atoms with Crippen LogP contribution in [-0.4, -0.2) is 52.4 Å². The van der Waals surface area contributed by atoms with Crippen LogP contribution in [0.25, 0.3) is 10.8 Å². The Hall–Kier alpha value is -3.49. The van der Waals surface area contributed by atoms with Gasteiger partial charge < -0.3 is 14.6 Å². The van der Waals surface area contributed by atoms with E-state index in [-0.39, 0.29) is 0 Å². The van der Waals surface area contributed by atoms with Gasteiger partial charge >= 0.3 is 0 Å². The molecule has 0 fully saturated rings. The SMILES string of the molecule is O=C1c2cccc3c(N/N=C/c4ccco4)ccc(c23)C(=O)N1C(CO)CO. The van der Waals surface area contributed by atoms with Gasteiger partial charge in [0.25, 0.3) is 11.8 Å². The van der Waals surface area contributed by atoms with Crippen molar-refractivity contribution in [2.75, 3.05) is 18.6 Å². The summed E-state index contributed by atoms with van der Waals surface area (Å²) >= 11 is 0. The van der Waals surface area contributed by atoms with E-state index in [1.54, 1.807) is 48.7 Å². The lowest BCUT2D eigenvalue weighted by Crippen LogP contribution is -2.50. The molecule has 0 saturated heterocycles. The highest BCUT2D eigenvalue weighted by molar-refractivity contribution is 6.26. The first-order valence-corrected chi connectivity index (χ1v) is 8.63. The van der Waals surface area contributed by atoms with E-state index in [1.165, 1.54) is 6.21 Å². The third-order valence-corrected chi connectivity index (χ3v) is 4.65. The van der Waals surface area contributed by atoms with Crippen molar-refractivity contribution in [3.8, 4) is 0 Å². The number of hydrazone groups is 1. The second-order valence-corrected chi connectivity index (χ2v) is 6.27. The summed E-state index contributed by atoms with van der Waals surface area (Å²) in [5, 5.41) is 24.2. The topological polar surface area (TPSA) is 115 Å². The first-order chi connectivity index (χ1) is 13.7. The molecule has 0 spiro atoms. The van der Waals surface area contributed by atoms with Crippen molar-refractivity contribution in [3.63, 3.8) is 0 Å². The molecule has 0 atom stereocenters. The zero-order valence-electron chi connectivity index (χ0n) is 14.7. The summed E-state index contributed by atoms with van der Waals surface area (Å²) in [6.07, 6.45) is 3.05. The maximum absolute atomic E-state index is 12.9. The molecule has 0 bridgehead atoms. The average Bonchev–Trinajstić information content (AvgIpc) is 3.23. The summed E-state index contributed by atoms with van der Waals surface area (Å²) in [6, 6.07) is 10.9. The standard InChI is InChI=1S/C20H17N3O5/c24-10-12(11-25)23-19(26)15-5-1-4-14-17(7-6-16(18(14)15)20(23)27)22-21-9-13-3-2-8-28-13/h1-9,12,22,24-25H,10-11H2/b21-9+. The van der Waals surface area contributed by atoms with Crippen molar-refractivity contribution in [3.05, 3.63) is 65.6 Å². The van der Waals surface area contributed by atoms with Crippen LogP contribution in [0.2, 0.25) is 0 Å². The van der Waals surface area contributed by atoms with Crippen LogP contribution < -0.4 is 5.43 Å². The van der Waals surface area contributed by atoms with E-state index < -0.39 is 31.1 Å². The number of imide groups is 1. The van der Waals surface area contributed by atoms with E-state index >= 15 is 0 Å². The fraction of sp³-hybridized carbons (Fsp3) is 0.150. The van der Waals surface area contributed by atoms with E-state index in [0.717, 1.165) is 4.90 Å². The van der Waals surface area contributed by atoms with Gasteiger partial charge in [-0.2, -0.15) is 5.10 Å². The number of hydrogen-bond acceptors (Lipinski definition) is 7. The van der Waals surface area contributed by atoms with Crippen LogP contribution in [0.1, 0.15) is 26.5 Å². The number of anilines is 1. The lowest BCUT2D eigenvalue weighted by atomic mass is 9.92. The molecule has 1 aliphatic rings. The maximum atomic E-state index is 12.9. The number of benzene rings is 2. The van der Waals surface area contributed by atoms with Crippen molar-refractivity contribution in [1.29, 1.82) is 0 Å². The molecule has 3 aromatic rings. The molecule has 1 aliphatic heterocycles. The Labute approximate surface area is 159 Å². The summed E-state index contributed by atoms with van der Waals surface area (Å²) in [4.78, 5) is 26.7. The van der Waals surface area contributed by atoms with Crippen LogP contribution in [0.15, 0.2) is 58.2 Å². The van der Waals surface area contributed by atoms with Crippen molar-refractivity contribution >= 4 is 34.5 Å². The Kier molecular flexibility index (Phi) is 4.64. The molecule has 8 heteroatoms. The summed E-state index contributed by atoms with van der Waals surface area (Å²) in [5.74, 6) is -0.518. The Morgan fingerprint density at radius 1 is 1.04 bits per heavy atom. The van der Waals surface area contributed by atoms with E-state index in [1.807, 2.05) is 0 Å². The number of nitrogens with one attached hydrogen (secondary N) is 1. The minimum Gasteiger partial charge on any atom is -0.463 e. The van der Waals surface area contributed by atoms with Gasteiger partial charge in [-0.05, 0) is 30.3 Å². The first-order valence-electron chi connectivity index (χ1n) is 8.63. The third kappa shape index (κ3) is 2.84. The first kappa shape index (κ1) is 17.9. The molecule has 2 aromatic carbocycles. The van der Waals surface area contributed by atoms with Crippen LogP contribution in [-0.2, 0) is 0 Å². The molecule has 0 unspecified atom stereocenters. The van der Waals surface area contributed by atoms with E-state index in [2.05, 4.69) is 10.5 Å². The molecule has 2 amide bonds. The number of carbonyl (C=O) groups is 2. The monoisotopic (exact) mass is 379 g/mol. The van der Waals surface area contributed by atoms with Gasteiger partial charge in [-0.3, -0.25) is 19.9 Å². The van der Waals surface area contributed by atoms with Crippen LogP contribution in [0.4, 0.5) is 5.69 Å².